The van der Waals surface area contributed by atoms with Crippen LogP contribution >= 0.6 is 0 Å². The first-order valence-electron chi connectivity index (χ1n) is 7.61. The first kappa shape index (κ1) is 15.5. The number of benzene rings is 1. The number of carbonyl (C=O) groups is 1. The lowest BCUT2D eigenvalue weighted by Crippen LogP contribution is -2.39. The predicted octanol–water partition coefficient (Wildman–Crippen LogP) is 2.86. The molecule has 1 fully saturated rings. The second-order valence-electron chi connectivity index (χ2n) is 6.03. The van der Waals surface area contributed by atoms with Crippen molar-refractivity contribution in [1.29, 1.82) is 5.26 Å². The highest BCUT2D eigenvalue weighted by Gasteiger charge is 2.22. The average molecular weight is 285 g/mol. The molecule has 1 aromatic rings. The molecular formula is C17H23N3O. The molecule has 0 spiro atoms. The van der Waals surface area contributed by atoms with Gasteiger partial charge in [-0.1, -0.05) is 13.8 Å². The van der Waals surface area contributed by atoms with Crippen LogP contribution in [0.5, 0.6) is 0 Å². The van der Waals surface area contributed by atoms with E-state index in [-0.39, 0.29) is 5.91 Å². The molecule has 2 atom stereocenters. The van der Waals surface area contributed by atoms with E-state index in [2.05, 4.69) is 30.1 Å². The molecule has 0 saturated carbocycles. The zero-order valence-corrected chi connectivity index (χ0v) is 12.8. The van der Waals surface area contributed by atoms with Crippen molar-refractivity contribution in [3.8, 4) is 6.07 Å². The molecule has 4 heteroatoms. The van der Waals surface area contributed by atoms with Crippen LogP contribution in [-0.4, -0.2) is 30.4 Å². The van der Waals surface area contributed by atoms with Gasteiger partial charge in [-0.3, -0.25) is 4.79 Å². The smallest absolute Gasteiger partial charge is 0.225 e. The van der Waals surface area contributed by atoms with E-state index in [0.29, 0.717) is 17.9 Å². The average Bonchev–Trinajstić information content (AvgIpc) is 2.49. The summed E-state index contributed by atoms with van der Waals surface area (Å²) in [5.41, 5.74) is 1.35. The van der Waals surface area contributed by atoms with Crippen molar-refractivity contribution in [3.63, 3.8) is 0 Å². The van der Waals surface area contributed by atoms with Gasteiger partial charge in [0.2, 0.25) is 5.91 Å². The fourth-order valence-corrected chi connectivity index (χ4v) is 2.66. The Morgan fingerprint density at radius 2 is 2.05 bits per heavy atom. The molecule has 0 aromatic heterocycles. The largest absolute Gasteiger partial charge is 0.326 e. The van der Waals surface area contributed by atoms with Gasteiger partial charge in [-0.25, -0.2) is 0 Å². The number of hydrogen-bond donors (Lipinski definition) is 1. The molecule has 1 amide bonds. The van der Waals surface area contributed by atoms with E-state index in [4.69, 9.17) is 5.26 Å². The fraction of sp³-hybridized carbons (Fsp3) is 0.529. The Labute approximate surface area is 126 Å². The van der Waals surface area contributed by atoms with Gasteiger partial charge in [0.25, 0.3) is 0 Å². The molecule has 2 rings (SSSR count). The lowest BCUT2D eigenvalue weighted by molar-refractivity contribution is -0.116. The van der Waals surface area contributed by atoms with Gasteiger partial charge in [-0.2, -0.15) is 5.26 Å². The maximum absolute atomic E-state index is 12.0. The van der Waals surface area contributed by atoms with E-state index in [1.165, 1.54) is 6.42 Å². The lowest BCUT2D eigenvalue weighted by atomic mass is 9.89. The van der Waals surface area contributed by atoms with Crippen molar-refractivity contribution in [1.82, 2.24) is 4.90 Å². The van der Waals surface area contributed by atoms with Gasteiger partial charge < -0.3 is 10.2 Å². The minimum absolute atomic E-state index is 0.0333. The summed E-state index contributed by atoms with van der Waals surface area (Å²) in [6.45, 7) is 7.59. The first-order valence-corrected chi connectivity index (χ1v) is 7.61. The molecule has 112 valence electrons. The summed E-state index contributed by atoms with van der Waals surface area (Å²) >= 11 is 0. The molecule has 0 aliphatic carbocycles. The summed E-state index contributed by atoms with van der Waals surface area (Å²) in [4.78, 5) is 14.3. The number of nitriles is 1. The lowest BCUT2D eigenvalue weighted by Gasteiger charge is -2.35. The van der Waals surface area contributed by atoms with Crippen LogP contribution < -0.4 is 5.32 Å². The second-order valence-corrected chi connectivity index (χ2v) is 6.03. The Hall–Kier alpha value is -1.86. The first-order chi connectivity index (χ1) is 10.1. The number of likely N-dealkylation sites (tertiary alicyclic amines) is 1. The van der Waals surface area contributed by atoms with Crippen molar-refractivity contribution in [3.05, 3.63) is 29.8 Å². The molecule has 1 aromatic carbocycles. The van der Waals surface area contributed by atoms with Gasteiger partial charge in [-0.05, 0) is 49.1 Å². The summed E-state index contributed by atoms with van der Waals surface area (Å²) in [5, 5.41) is 11.6. The minimum atomic E-state index is 0.0333. The van der Waals surface area contributed by atoms with Gasteiger partial charge in [-0.15, -0.1) is 0 Å². The monoisotopic (exact) mass is 285 g/mol. The van der Waals surface area contributed by atoms with Crippen LogP contribution in [0.25, 0.3) is 0 Å². The van der Waals surface area contributed by atoms with Crippen LogP contribution in [0.3, 0.4) is 0 Å². The maximum Gasteiger partial charge on any atom is 0.225 e. The van der Waals surface area contributed by atoms with Crippen molar-refractivity contribution >= 4 is 11.6 Å². The molecule has 21 heavy (non-hydrogen) atoms. The topological polar surface area (TPSA) is 56.1 Å². The Morgan fingerprint density at radius 3 is 2.67 bits per heavy atom. The highest BCUT2D eigenvalue weighted by Crippen LogP contribution is 2.22. The van der Waals surface area contributed by atoms with Gasteiger partial charge in [0.1, 0.15) is 0 Å². The van der Waals surface area contributed by atoms with Gasteiger partial charge >= 0.3 is 0 Å². The maximum atomic E-state index is 12.0. The van der Waals surface area contributed by atoms with Gasteiger partial charge in [0.05, 0.1) is 11.6 Å². The SMILES string of the molecule is CC1CCN(CCC(=O)Nc2ccc(C#N)cc2)CC1C. The normalized spacial score (nSPS) is 22.5. The Balaban J connectivity index is 1.76. The number of piperidine rings is 1. The molecule has 1 aliphatic heterocycles. The minimum Gasteiger partial charge on any atom is -0.326 e. The molecule has 2 unspecified atom stereocenters. The van der Waals surface area contributed by atoms with E-state index < -0.39 is 0 Å². The molecule has 0 radical (unpaired) electrons. The van der Waals surface area contributed by atoms with Crippen molar-refractivity contribution in [2.45, 2.75) is 26.7 Å². The molecule has 1 saturated heterocycles. The molecule has 4 nitrogen and oxygen atoms in total. The van der Waals surface area contributed by atoms with Crippen LogP contribution in [0.15, 0.2) is 24.3 Å². The zero-order chi connectivity index (χ0) is 15.2. The second kappa shape index (κ2) is 7.24. The standard InChI is InChI=1S/C17H23N3O/c1-13-7-9-20(12-14(13)2)10-8-17(21)19-16-5-3-15(11-18)4-6-16/h3-6,13-14H,7-10,12H2,1-2H3,(H,19,21). The van der Waals surface area contributed by atoms with Crippen molar-refractivity contribution in [2.24, 2.45) is 11.8 Å². The highest BCUT2D eigenvalue weighted by molar-refractivity contribution is 5.90. The number of nitrogens with one attached hydrogen (secondary N) is 1. The van der Waals surface area contributed by atoms with Crippen LogP contribution in [-0.2, 0) is 4.79 Å². The van der Waals surface area contributed by atoms with E-state index in [9.17, 15) is 4.79 Å². The molecule has 1 heterocycles. The van der Waals surface area contributed by atoms with E-state index in [1.54, 1.807) is 24.3 Å². The van der Waals surface area contributed by atoms with Crippen molar-refractivity contribution in [2.75, 3.05) is 25.0 Å². The van der Waals surface area contributed by atoms with E-state index >= 15 is 0 Å². The van der Waals surface area contributed by atoms with Crippen LogP contribution in [0, 0.1) is 23.2 Å². The molecule has 1 aliphatic rings. The van der Waals surface area contributed by atoms with Gasteiger partial charge in [0.15, 0.2) is 0 Å². The van der Waals surface area contributed by atoms with Gasteiger partial charge in [0, 0.05) is 25.2 Å². The third-order valence-electron chi connectivity index (χ3n) is 4.37. The predicted molar refractivity (Wildman–Crippen MR) is 83.8 cm³/mol. The van der Waals surface area contributed by atoms with Crippen LogP contribution in [0.1, 0.15) is 32.3 Å². The van der Waals surface area contributed by atoms with E-state index in [1.807, 2.05) is 0 Å². The summed E-state index contributed by atoms with van der Waals surface area (Å²) in [6, 6.07) is 9.02. The number of hydrogen-bond acceptors (Lipinski definition) is 3. The number of amides is 1. The highest BCUT2D eigenvalue weighted by atomic mass is 16.1. The van der Waals surface area contributed by atoms with Crippen LogP contribution in [0.4, 0.5) is 5.69 Å². The summed E-state index contributed by atoms with van der Waals surface area (Å²) in [6.07, 6.45) is 1.74. The summed E-state index contributed by atoms with van der Waals surface area (Å²) < 4.78 is 0. The molecule has 1 N–H and O–H groups in total. The summed E-state index contributed by atoms with van der Waals surface area (Å²) in [7, 11) is 0. The van der Waals surface area contributed by atoms with Crippen molar-refractivity contribution < 1.29 is 4.79 Å². The number of carbonyl (C=O) groups excluding carboxylic acids is 1. The zero-order valence-electron chi connectivity index (χ0n) is 12.8. The molecular weight excluding hydrogens is 262 g/mol. The Morgan fingerprint density at radius 1 is 1.33 bits per heavy atom. The number of anilines is 1. The Kier molecular flexibility index (Phi) is 5.35. The number of nitrogens with zero attached hydrogens (tertiary/aromatic N) is 2. The third-order valence-corrected chi connectivity index (χ3v) is 4.37. The quantitative estimate of drug-likeness (QED) is 0.925. The fourth-order valence-electron chi connectivity index (χ4n) is 2.66. The summed E-state index contributed by atoms with van der Waals surface area (Å²) in [5.74, 6) is 1.53. The van der Waals surface area contributed by atoms with Crippen LogP contribution in [0.2, 0.25) is 0 Å². The molecule has 0 bridgehead atoms. The number of rotatable bonds is 4. The Bertz CT molecular complexity index is 518. The third kappa shape index (κ3) is 4.57. The van der Waals surface area contributed by atoms with E-state index in [0.717, 1.165) is 31.2 Å².